The average molecular weight is 384 g/mol. The zero-order valence-corrected chi connectivity index (χ0v) is 15.1. The summed E-state index contributed by atoms with van der Waals surface area (Å²) in [6.45, 7) is 3.08. The molecule has 1 aromatic carbocycles. The number of carbonyl (C=O) groups excluding carboxylic acids is 3. The number of benzene rings is 1. The van der Waals surface area contributed by atoms with Gasteiger partial charge in [-0.05, 0) is 19.9 Å². The first kappa shape index (κ1) is 19.9. The van der Waals surface area contributed by atoms with Gasteiger partial charge in [-0.3, -0.25) is 14.5 Å². The van der Waals surface area contributed by atoms with Crippen molar-refractivity contribution >= 4 is 29.5 Å². The molecule has 1 unspecified atom stereocenters. The lowest BCUT2D eigenvalue weighted by Crippen LogP contribution is -2.38. The van der Waals surface area contributed by atoms with Crippen LogP contribution >= 0.6 is 11.8 Å². The van der Waals surface area contributed by atoms with Crippen LogP contribution in [0.25, 0.3) is 0 Å². The quantitative estimate of drug-likeness (QED) is 0.601. The van der Waals surface area contributed by atoms with Crippen molar-refractivity contribution in [3.63, 3.8) is 0 Å². The van der Waals surface area contributed by atoms with E-state index in [1.165, 1.54) is 11.0 Å². The Balaban J connectivity index is 2.03. The van der Waals surface area contributed by atoms with E-state index < -0.39 is 29.6 Å². The molecule has 140 valence electrons. The second-order valence-electron chi connectivity index (χ2n) is 5.46. The molecule has 1 aliphatic heterocycles. The van der Waals surface area contributed by atoms with Gasteiger partial charge in [-0.25, -0.2) is 13.6 Å². The first-order valence-corrected chi connectivity index (χ1v) is 8.86. The third kappa shape index (κ3) is 5.04. The molecular weight excluding hydrogens is 366 g/mol. The normalized spacial score (nSPS) is 16.7. The number of nitrogens with one attached hydrogen (secondary N) is 1. The highest BCUT2D eigenvalue weighted by Gasteiger charge is 2.29. The molecule has 6 nitrogen and oxygen atoms in total. The summed E-state index contributed by atoms with van der Waals surface area (Å²) in [5.41, 5.74) is 0.129. The Labute approximate surface area is 153 Å². The maximum Gasteiger partial charge on any atom is 0.333 e. The Bertz CT molecular complexity index is 754. The van der Waals surface area contributed by atoms with E-state index in [1.807, 2.05) is 0 Å². The lowest BCUT2D eigenvalue weighted by Gasteiger charge is -2.19. The predicted octanol–water partition coefficient (Wildman–Crippen LogP) is 2.12. The number of hydrogen-bond acceptors (Lipinski definition) is 5. The predicted molar refractivity (Wildman–Crippen MR) is 91.8 cm³/mol. The van der Waals surface area contributed by atoms with Crippen LogP contribution < -0.4 is 5.32 Å². The number of ether oxygens (including phenoxy) is 1. The van der Waals surface area contributed by atoms with Crippen LogP contribution in [-0.4, -0.2) is 41.6 Å². The molecule has 1 N–H and O–H groups in total. The Morgan fingerprint density at radius 2 is 2.15 bits per heavy atom. The van der Waals surface area contributed by atoms with Gasteiger partial charge in [-0.2, -0.15) is 0 Å². The lowest BCUT2D eigenvalue weighted by molar-refractivity contribution is -0.137. The number of halogens is 2. The number of hydrogen-bond donors (Lipinski definition) is 1. The molecule has 0 bridgehead atoms. The van der Waals surface area contributed by atoms with Crippen molar-refractivity contribution in [2.75, 3.05) is 18.9 Å². The zero-order valence-electron chi connectivity index (χ0n) is 14.3. The van der Waals surface area contributed by atoms with E-state index in [4.69, 9.17) is 4.74 Å². The van der Waals surface area contributed by atoms with Gasteiger partial charge in [0.1, 0.15) is 18.2 Å². The minimum atomic E-state index is -0.770. The van der Waals surface area contributed by atoms with Gasteiger partial charge in [0, 0.05) is 11.6 Å². The van der Waals surface area contributed by atoms with Gasteiger partial charge in [0.2, 0.25) is 11.8 Å². The van der Waals surface area contributed by atoms with E-state index in [9.17, 15) is 23.2 Å². The molecule has 1 saturated heterocycles. The van der Waals surface area contributed by atoms with Crippen molar-refractivity contribution in [3.05, 3.63) is 46.5 Å². The summed E-state index contributed by atoms with van der Waals surface area (Å²) in [6, 6.07) is 2.37. The molecule has 1 fully saturated rings. The van der Waals surface area contributed by atoms with Crippen LogP contribution in [0.3, 0.4) is 0 Å². The van der Waals surface area contributed by atoms with Crippen LogP contribution in [0.15, 0.2) is 29.3 Å². The van der Waals surface area contributed by atoms with Crippen molar-refractivity contribution in [1.29, 1.82) is 0 Å². The van der Waals surface area contributed by atoms with Gasteiger partial charge in [0.05, 0.1) is 29.5 Å². The molecule has 0 aliphatic carbocycles. The molecule has 9 heteroatoms. The first-order valence-electron chi connectivity index (χ1n) is 7.87. The summed E-state index contributed by atoms with van der Waals surface area (Å²) < 4.78 is 31.5. The molecule has 1 atom stereocenters. The first-order chi connectivity index (χ1) is 12.3. The fourth-order valence-corrected chi connectivity index (χ4v) is 3.27. The van der Waals surface area contributed by atoms with Gasteiger partial charge >= 0.3 is 5.97 Å². The van der Waals surface area contributed by atoms with Gasteiger partial charge in [0.15, 0.2) is 0 Å². The van der Waals surface area contributed by atoms with E-state index in [2.05, 4.69) is 5.32 Å². The van der Waals surface area contributed by atoms with Gasteiger partial charge < -0.3 is 10.1 Å². The molecule has 0 radical (unpaired) electrons. The fraction of sp³-hybridized carbons (Fsp3) is 0.353. The van der Waals surface area contributed by atoms with Crippen molar-refractivity contribution < 1.29 is 27.9 Å². The molecule has 0 spiro atoms. The third-order valence-corrected chi connectivity index (χ3v) is 4.57. The van der Waals surface area contributed by atoms with Crippen molar-refractivity contribution in [2.45, 2.75) is 19.9 Å². The van der Waals surface area contributed by atoms with Gasteiger partial charge in [-0.1, -0.05) is 17.8 Å². The molecular formula is C17H18F2N2O4S. The number of esters is 1. The highest BCUT2D eigenvalue weighted by molar-refractivity contribution is 8.04. The maximum absolute atomic E-state index is 13.8. The van der Waals surface area contributed by atoms with E-state index in [-0.39, 0.29) is 30.4 Å². The average Bonchev–Trinajstić information content (AvgIpc) is 2.87. The number of nitrogens with zero attached hydrogens (tertiary/aromatic N) is 1. The lowest BCUT2D eigenvalue weighted by atomic mass is 10.1. The van der Waals surface area contributed by atoms with Crippen LogP contribution in [0, 0.1) is 11.6 Å². The highest BCUT2D eigenvalue weighted by Crippen LogP contribution is 2.28. The maximum atomic E-state index is 13.8. The third-order valence-electron chi connectivity index (χ3n) is 3.55. The SMILES string of the molecule is CCOC(=O)C=C1SCC(=O)N1CC(=O)NC(C)c1ccc(F)cc1F. The van der Waals surface area contributed by atoms with Crippen LogP contribution in [0.5, 0.6) is 0 Å². The largest absolute Gasteiger partial charge is 0.463 e. The molecule has 1 aromatic rings. The zero-order chi connectivity index (χ0) is 19.3. The van der Waals surface area contributed by atoms with Crippen LogP contribution in [-0.2, 0) is 19.1 Å². The number of amides is 2. The van der Waals surface area contributed by atoms with Crippen molar-refractivity contribution in [2.24, 2.45) is 0 Å². The number of rotatable bonds is 6. The summed E-state index contributed by atoms with van der Waals surface area (Å²) in [6.07, 6.45) is 1.16. The molecule has 0 saturated carbocycles. The van der Waals surface area contributed by atoms with Gasteiger partial charge in [0.25, 0.3) is 0 Å². The number of thioether (sulfide) groups is 1. The standard InChI is InChI=1S/C17H18F2N2O4S/c1-3-25-17(24)7-16-21(15(23)9-26-16)8-14(22)20-10(2)12-5-4-11(18)6-13(12)19/h4-7,10H,3,8-9H2,1-2H3,(H,20,22). The summed E-state index contributed by atoms with van der Waals surface area (Å²) in [5, 5.41) is 2.88. The minimum Gasteiger partial charge on any atom is -0.463 e. The molecule has 1 aliphatic rings. The Morgan fingerprint density at radius 3 is 2.81 bits per heavy atom. The molecule has 0 aromatic heterocycles. The Morgan fingerprint density at radius 1 is 1.42 bits per heavy atom. The van der Waals surface area contributed by atoms with Crippen LogP contribution in [0.2, 0.25) is 0 Å². The topological polar surface area (TPSA) is 75.7 Å². The van der Waals surface area contributed by atoms with Crippen LogP contribution in [0.4, 0.5) is 8.78 Å². The highest BCUT2D eigenvalue weighted by atomic mass is 32.2. The molecule has 26 heavy (non-hydrogen) atoms. The summed E-state index contributed by atoms with van der Waals surface area (Å²) in [4.78, 5) is 36.9. The minimum absolute atomic E-state index is 0.112. The smallest absolute Gasteiger partial charge is 0.333 e. The van der Waals surface area contributed by atoms with Crippen LogP contribution in [0.1, 0.15) is 25.5 Å². The molecule has 2 amide bonds. The van der Waals surface area contributed by atoms with E-state index in [0.29, 0.717) is 5.03 Å². The second kappa shape index (κ2) is 8.79. The van der Waals surface area contributed by atoms with E-state index in [1.54, 1.807) is 13.8 Å². The number of carbonyl (C=O) groups is 3. The Kier molecular flexibility index (Phi) is 6.73. The molecule has 2 rings (SSSR count). The summed E-state index contributed by atoms with van der Waals surface area (Å²) >= 11 is 1.13. The van der Waals surface area contributed by atoms with Gasteiger partial charge in [-0.15, -0.1) is 0 Å². The second-order valence-corrected chi connectivity index (χ2v) is 6.45. The summed E-state index contributed by atoms with van der Waals surface area (Å²) in [5.74, 6) is -2.82. The van der Waals surface area contributed by atoms with Crippen molar-refractivity contribution in [3.8, 4) is 0 Å². The monoisotopic (exact) mass is 384 g/mol. The Hall–Kier alpha value is -2.42. The van der Waals surface area contributed by atoms with Crippen molar-refractivity contribution in [1.82, 2.24) is 10.2 Å². The summed E-state index contributed by atoms with van der Waals surface area (Å²) in [7, 11) is 0. The molecule has 1 heterocycles. The fourth-order valence-electron chi connectivity index (χ4n) is 2.35. The van der Waals surface area contributed by atoms with E-state index >= 15 is 0 Å². The van der Waals surface area contributed by atoms with E-state index in [0.717, 1.165) is 30.0 Å².